The summed E-state index contributed by atoms with van der Waals surface area (Å²) in [5, 5.41) is 10.8. The largest absolute Gasteiger partial charge is 0.320 e. The van der Waals surface area contributed by atoms with Gasteiger partial charge in [-0.3, -0.25) is 9.48 Å². The van der Waals surface area contributed by atoms with Crippen LogP contribution in [-0.2, 0) is 0 Å². The Morgan fingerprint density at radius 2 is 2.30 bits per heavy atom. The van der Waals surface area contributed by atoms with Crippen molar-refractivity contribution in [1.29, 1.82) is 0 Å². The van der Waals surface area contributed by atoms with Gasteiger partial charge in [0.25, 0.3) is 5.91 Å². The van der Waals surface area contributed by atoms with Gasteiger partial charge in [-0.2, -0.15) is 5.10 Å². The van der Waals surface area contributed by atoms with E-state index in [0.29, 0.717) is 11.7 Å². The van der Waals surface area contributed by atoms with Gasteiger partial charge in [-0.25, -0.2) is 0 Å². The Labute approximate surface area is 140 Å². The van der Waals surface area contributed by atoms with E-state index < -0.39 is 0 Å². The molecule has 1 saturated heterocycles. The van der Waals surface area contributed by atoms with Gasteiger partial charge >= 0.3 is 0 Å². The Hall–Kier alpha value is -1.79. The van der Waals surface area contributed by atoms with Crippen molar-refractivity contribution in [3.05, 3.63) is 41.7 Å². The average Bonchev–Trinajstić information content (AvgIpc) is 3.08. The molecule has 2 aromatic rings. The third-order valence-corrected chi connectivity index (χ3v) is 5.12. The lowest BCUT2D eigenvalue weighted by Gasteiger charge is -2.22. The highest BCUT2D eigenvalue weighted by molar-refractivity contribution is 7.98. The van der Waals surface area contributed by atoms with Crippen LogP contribution >= 0.6 is 11.8 Å². The topological polar surface area (TPSA) is 59.0 Å². The highest BCUT2D eigenvalue weighted by Crippen LogP contribution is 2.26. The number of nitrogens with one attached hydrogen (secondary N) is 2. The maximum absolute atomic E-state index is 12.5. The molecule has 1 aromatic heterocycles. The number of carbonyl (C=O) groups excluding carboxylic acids is 1. The predicted octanol–water partition coefficient (Wildman–Crippen LogP) is 3.09. The molecule has 1 aromatic carbocycles. The van der Waals surface area contributed by atoms with E-state index in [-0.39, 0.29) is 5.91 Å². The smallest absolute Gasteiger partial charge is 0.276 e. The summed E-state index contributed by atoms with van der Waals surface area (Å²) in [6.45, 7) is 4.00. The molecule has 0 spiro atoms. The van der Waals surface area contributed by atoms with E-state index in [0.717, 1.165) is 37.2 Å². The number of anilines is 1. The minimum Gasteiger partial charge on any atom is -0.320 e. The van der Waals surface area contributed by atoms with Crippen molar-refractivity contribution >= 4 is 23.4 Å². The van der Waals surface area contributed by atoms with Gasteiger partial charge in [0.2, 0.25) is 0 Å². The Bertz CT molecular complexity index is 692. The fourth-order valence-corrected chi connectivity index (χ4v) is 3.51. The number of nitrogens with zero attached hydrogens (tertiary/aromatic N) is 2. The first-order valence-corrected chi connectivity index (χ1v) is 9.12. The number of benzene rings is 1. The number of rotatable bonds is 4. The molecular weight excluding hydrogens is 308 g/mol. The number of hydrogen-bond donors (Lipinski definition) is 2. The van der Waals surface area contributed by atoms with Crippen LogP contribution in [-0.4, -0.2) is 35.0 Å². The molecule has 1 aliphatic heterocycles. The molecule has 3 rings (SSSR count). The van der Waals surface area contributed by atoms with Crippen LogP contribution in [0.3, 0.4) is 0 Å². The molecular formula is C17H22N4OS. The quantitative estimate of drug-likeness (QED) is 0.846. The molecule has 0 bridgehead atoms. The second-order valence-electron chi connectivity index (χ2n) is 5.77. The fourth-order valence-electron chi connectivity index (χ4n) is 2.88. The molecule has 5 nitrogen and oxygen atoms in total. The number of thioether (sulfide) groups is 1. The summed E-state index contributed by atoms with van der Waals surface area (Å²) in [5.74, 6) is -0.158. The van der Waals surface area contributed by atoms with Gasteiger partial charge in [-0.05, 0) is 56.3 Å². The molecule has 0 aliphatic carbocycles. The molecule has 1 fully saturated rings. The third kappa shape index (κ3) is 3.59. The lowest BCUT2D eigenvalue weighted by Crippen LogP contribution is -2.32. The van der Waals surface area contributed by atoms with Crippen molar-refractivity contribution < 1.29 is 4.79 Å². The van der Waals surface area contributed by atoms with Crippen molar-refractivity contribution in [1.82, 2.24) is 15.1 Å². The van der Waals surface area contributed by atoms with Crippen LogP contribution in [0.5, 0.6) is 0 Å². The minimum atomic E-state index is -0.158. The van der Waals surface area contributed by atoms with Crippen molar-refractivity contribution in [3.8, 4) is 0 Å². The van der Waals surface area contributed by atoms with Gasteiger partial charge in [-0.1, -0.05) is 6.07 Å². The number of carbonyl (C=O) groups is 1. The van der Waals surface area contributed by atoms with Gasteiger partial charge in [0.15, 0.2) is 5.69 Å². The molecule has 0 saturated carbocycles. The van der Waals surface area contributed by atoms with Gasteiger partial charge in [0.05, 0.1) is 6.04 Å². The van der Waals surface area contributed by atoms with Gasteiger partial charge in [-0.15, -0.1) is 11.8 Å². The zero-order valence-corrected chi connectivity index (χ0v) is 14.3. The first-order valence-electron chi connectivity index (χ1n) is 7.90. The summed E-state index contributed by atoms with van der Waals surface area (Å²) < 4.78 is 1.91. The average molecular weight is 330 g/mol. The molecule has 2 heterocycles. The lowest BCUT2D eigenvalue weighted by atomic mass is 10.1. The summed E-state index contributed by atoms with van der Waals surface area (Å²) >= 11 is 1.68. The van der Waals surface area contributed by atoms with Crippen LogP contribution in [0.1, 0.15) is 34.9 Å². The maximum atomic E-state index is 12.5. The van der Waals surface area contributed by atoms with E-state index in [2.05, 4.69) is 21.8 Å². The molecule has 1 atom stereocenters. The Morgan fingerprint density at radius 3 is 3.04 bits per heavy atom. The molecule has 122 valence electrons. The summed E-state index contributed by atoms with van der Waals surface area (Å²) in [6, 6.07) is 8.07. The van der Waals surface area contributed by atoms with Gasteiger partial charge < -0.3 is 10.6 Å². The first kappa shape index (κ1) is 16.1. The monoisotopic (exact) mass is 330 g/mol. The van der Waals surface area contributed by atoms with Crippen molar-refractivity contribution in [2.24, 2.45) is 0 Å². The second kappa shape index (κ2) is 7.19. The van der Waals surface area contributed by atoms with Crippen LogP contribution in [0, 0.1) is 6.92 Å². The van der Waals surface area contributed by atoms with E-state index in [9.17, 15) is 4.79 Å². The minimum absolute atomic E-state index is 0.158. The van der Waals surface area contributed by atoms with Crippen LogP contribution in [0.25, 0.3) is 0 Å². The number of aromatic nitrogens is 2. The third-order valence-electron chi connectivity index (χ3n) is 4.24. The molecule has 1 amide bonds. The molecule has 2 N–H and O–H groups in total. The molecule has 1 aliphatic rings. The summed E-state index contributed by atoms with van der Waals surface area (Å²) in [6.07, 6.45) is 6.18. The van der Waals surface area contributed by atoms with Gasteiger partial charge in [0.1, 0.15) is 0 Å². The van der Waals surface area contributed by atoms with Crippen molar-refractivity contribution in [2.75, 3.05) is 24.7 Å². The zero-order chi connectivity index (χ0) is 16.2. The summed E-state index contributed by atoms with van der Waals surface area (Å²) in [4.78, 5) is 13.6. The number of amides is 1. The van der Waals surface area contributed by atoms with E-state index in [1.165, 1.54) is 4.90 Å². The molecule has 23 heavy (non-hydrogen) atoms. The SMILES string of the molecule is CSc1cccc(NC(=O)c2ccn(C3CCCNC3)n2)c1C. The van der Waals surface area contributed by atoms with E-state index in [1.54, 1.807) is 17.8 Å². The van der Waals surface area contributed by atoms with Gasteiger partial charge in [0, 0.05) is 23.3 Å². The van der Waals surface area contributed by atoms with Crippen LogP contribution in [0.2, 0.25) is 0 Å². The molecule has 1 unspecified atom stereocenters. The Balaban J connectivity index is 1.72. The van der Waals surface area contributed by atoms with Crippen LogP contribution in [0.4, 0.5) is 5.69 Å². The standard InChI is InChI=1S/C17H22N4OS/c1-12-14(6-3-7-16(12)23-2)19-17(22)15-8-10-21(20-15)13-5-4-9-18-11-13/h3,6-8,10,13,18H,4-5,9,11H2,1-2H3,(H,19,22). The Morgan fingerprint density at radius 1 is 1.43 bits per heavy atom. The normalized spacial score (nSPS) is 17.9. The summed E-state index contributed by atoms with van der Waals surface area (Å²) in [7, 11) is 0. The highest BCUT2D eigenvalue weighted by Gasteiger charge is 2.18. The fraction of sp³-hybridized carbons (Fsp3) is 0.412. The maximum Gasteiger partial charge on any atom is 0.276 e. The second-order valence-corrected chi connectivity index (χ2v) is 6.62. The summed E-state index contributed by atoms with van der Waals surface area (Å²) in [5.41, 5.74) is 2.39. The van der Waals surface area contributed by atoms with Crippen LogP contribution < -0.4 is 10.6 Å². The van der Waals surface area contributed by atoms with E-state index in [4.69, 9.17) is 0 Å². The highest BCUT2D eigenvalue weighted by atomic mass is 32.2. The van der Waals surface area contributed by atoms with Crippen LogP contribution in [0.15, 0.2) is 35.4 Å². The van der Waals surface area contributed by atoms with Crippen molar-refractivity contribution in [3.63, 3.8) is 0 Å². The number of hydrogen-bond acceptors (Lipinski definition) is 4. The first-order chi connectivity index (χ1) is 11.2. The predicted molar refractivity (Wildman–Crippen MR) is 94.3 cm³/mol. The van der Waals surface area contributed by atoms with E-state index >= 15 is 0 Å². The number of piperidine rings is 1. The zero-order valence-electron chi connectivity index (χ0n) is 13.5. The molecule has 6 heteroatoms. The van der Waals surface area contributed by atoms with Crippen molar-refractivity contribution in [2.45, 2.75) is 30.7 Å². The van der Waals surface area contributed by atoms with E-state index in [1.807, 2.05) is 36.2 Å². The molecule has 0 radical (unpaired) electrons. The Kier molecular flexibility index (Phi) is 5.03. The lowest BCUT2D eigenvalue weighted by molar-refractivity contribution is 0.102.